The van der Waals surface area contributed by atoms with Gasteiger partial charge >= 0.3 is 87.1 Å². The van der Waals surface area contributed by atoms with E-state index in [0.29, 0.717) is 24.2 Å². The first-order valence-corrected chi connectivity index (χ1v) is 58.6. The smallest absolute Gasteiger partial charge is 0.317 e. The van der Waals surface area contributed by atoms with Crippen molar-refractivity contribution in [3.05, 3.63) is 0 Å². The molecule has 4 rings (SSSR count). The molecule has 16 nitrogen and oxygen atoms in total. The molecular weight excluding hydrogens is 1020 g/mol. The number of hydrogen-bond acceptors (Lipinski definition) is 16. The Morgan fingerprint density at radius 1 is 0.276 bits per heavy atom. The Morgan fingerprint density at radius 2 is 0.500 bits per heavy atom. The van der Waals surface area contributed by atoms with Crippen molar-refractivity contribution in [3.63, 3.8) is 0 Å². The van der Waals surface area contributed by atoms with Crippen LogP contribution in [0.25, 0.3) is 0 Å². The van der Waals surface area contributed by atoms with Crippen molar-refractivity contribution < 1.29 is 65.8 Å². The average Bonchev–Trinajstić information content (AvgIpc) is 2.98. The predicted molar refractivity (Wildman–Crippen MR) is 264 cm³/mol. The molecule has 32 heteroatoms. The fraction of sp³-hybridized carbons (Fsp3) is 1.00. The van der Waals surface area contributed by atoms with E-state index in [9.17, 15) is 0 Å². The van der Waals surface area contributed by atoms with E-state index in [-0.39, 0.29) is 0 Å². The van der Waals surface area contributed by atoms with Crippen LogP contribution in [0, 0.1) is 0 Å². The van der Waals surface area contributed by atoms with Crippen LogP contribution in [0.15, 0.2) is 0 Å². The Bertz CT molecular complexity index is 1230. The van der Waals surface area contributed by atoms with Crippen LogP contribution < -0.4 is 0 Å². The zero-order valence-electron chi connectivity index (χ0n) is 38.8. The third-order valence-electron chi connectivity index (χ3n) is 10.5. The normalized spacial score (nSPS) is 48.9. The lowest BCUT2D eigenvalue weighted by Crippen LogP contribution is -2.68. The third-order valence-corrected chi connectivity index (χ3v) is 73.5. The van der Waals surface area contributed by atoms with Gasteiger partial charge in [0.15, 0.2) is 0 Å². The van der Waals surface area contributed by atoms with Gasteiger partial charge in [-0.05, 0) is 154 Å². The lowest BCUT2D eigenvalue weighted by atomic mass is 10.6. The van der Waals surface area contributed by atoms with Gasteiger partial charge in [0.05, 0.1) is 0 Å². The van der Waals surface area contributed by atoms with E-state index in [4.69, 9.17) is 65.8 Å². The first kappa shape index (κ1) is 53.4. The summed E-state index contributed by atoms with van der Waals surface area (Å²) in [6, 6.07) is 5.03. The lowest BCUT2D eigenvalue weighted by molar-refractivity contribution is 0.219. The summed E-state index contributed by atoms with van der Waals surface area (Å²) in [6.45, 7) is 38.4. The molecule has 0 N–H and O–H groups in total. The Labute approximate surface area is 372 Å². The summed E-state index contributed by atoms with van der Waals surface area (Å²) in [5.41, 5.74) is 0. The van der Waals surface area contributed by atoms with Gasteiger partial charge in [-0.15, -0.1) is 0 Å². The highest BCUT2D eigenvalue weighted by Gasteiger charge is 2.59. The van der Waals surface area contributed by atoms with Crippen molar-refractivity contribution >= 4 is 143 Å². The summed E-state index contributed by atoms with van der Waals surface area (Å²) in [6.07, 6.45) is 0.933. The maximum absolute atomic E-state index is 7.65. The van der Waals surface area contributed by atoms with Crippen molar-refractivity contribution in [2.75, 3.05) is 0 Å². The van der Waals surface area contributed by atoms with Gasteiger partial charge in [0, 0.05) is 0 Å². The van der Waals surface area contributed by atoms with Crippen LogP contribution in [0.1, 0.15) is 13.3 Å². The summed E-state index contributed by atoms with van der Waals surface area (Å²) >= 11 is 0. The highest BCUT2D eigenvalue weighted by Crippen LogP contribution is 2.42. The first-order chi connectivity index (χ1) is 26.5. The molecule has 4 aliphatic heterocycles. The van der Waals surface area contributed by atoms with Crippen LogP contribution in [-0.2, 0) is 65.8 Å². The third kappa shape index (κ3) is 16.9. The van der Waals surface area contributed by atoms with Gasteiger partial charge in [0.25, 0.3) is 55.7 Å². The molecule has 0 aliphatic carbocycles. The van der Waals surface area contributed by atoms with Gasteiger partial charge < -0.3 is 65.8 Å². The van der Waals surface area contributed by atoms with Crippen molar-refractivity contribution in [1.82, 2.24) is 0 Å². The molecule has 0 bridgehead atoms. The second-order valence-electron chi connectivity index (χ2n) is 18.0. The van der Waals surface area contributed by atoms with Crippen LogP contribution in [0.5, 0.6) is 0 Å². The molecule has 58 heavy (non-hydrogen) atoms. The summed E-state index contributed by atoms with van der Waals surface area (Å²) in [4.78, 5) is 0. The highest BCUT2D eigenvalue weighted by atomic mass is 28.5. The van der Waals surface area contributed by atoms with Crippen molar-refractivity contribution in [3.8, 4) is 0 Å². The number of rotatable bonds is 11. The summed E-state index contributed by atoms with van der Waals surface area (Å²) in [5, 5.41) is 0. The second kappa shape index (κ2) is 21.2. The topological polar surface area (TPSA) is 148 Å². The molecule has 0 saturated carbocycles. The average molecular weight is 1100 g/mol. The Morgan fingerprint density at radius 3 is 0.759 bits per heavy atom. The Hall–Kier alpha value is 2.83. The molecule has 0 spiro atoms. The monoisotopic (exact) mass is 1090 g/mol. The molecule has 0 aromatic rings. The molecule has 342 valence electrons. The molecule has 0 radical (unpaired) electrons. The maximum Gasteiger partial charge on any atom is 0.317 e. The minimum absolute atomic E-state index is 0.669. The van der Waals surface area contributed by atoms with Crippen LogP contribution in [0.2, 0.25) is 154 Å². The highest BCUT2D eigenvalue weighted by molar-refractivity contribution is 6.95. The van der Waals surface area contributed by atoms with Crippen LogP contribution in [-0.4, -0.2) is 143 Å². The van der Waals surface area contributed by atoms with E-state index in [1.165, 1.54) is 0 Å². The minimum atomic E-state index is -3.10. The molecule has 4 heterocycles. The van der Waals surface area contributed by atoms with Crippen LogP contribution >= 0.6 is 0 Å². The predicted octanol–water partition coefficient (Wildman–Crippen LogP) is 4.72. The quantitative estimate of drug-likeness (QED) is 0.263. The van der Waals surface area contributed by atoms with Gasteiger partial charge in [-0.1, -0.05) is 13.3 Å². The fourth-order valence-electron chi connectivity index (χ4n) is 8.81. The van der Waals surface area contributed by atoms with Crippen molar-refractivity contribution in [2.24, 2.45) is 0 Å². The Balaban J connectivity index is 1.68. The van der Waals surface area contributed by atoms with E-state index >= 15 is 0 Å². The van der Waals surface area contributed by atoms with Gasteiger partial charge in [-0.2, -0.15) is 0 Å². The van der Waals surface area contributed by atoms with E-state index < -0.39 is 143 Å². The van der Waals surface area contributed by atoms with Gasteiger partial charge in [-0.25, -0.2) is 0 Å². The molecule has 0 aromatic carbocycles. The van der Waals surface area contributed by atoms with Gasteiger partial charge in [0.2, 0.25) is 0 Å². The molecule has 8 unspecified atom stereocenters. The SMILES string of the molecule is CCC[Si]1(C)O[Si](C)(CC[Si]2(C)O[SiH](C)O[SiH](C)O[SiH](C)O2)O[Si](C)(CC[Si]2(C)O[SiH](C)O[Si](C)(C)O[SiH](C)O2)O[Si](C)(CC[Si]2(C)O[SiH](C)O[SiH](C)O[SiH](C)O2)O1. The van der Waals surface area contributed by atoms with Gasteiger partial charge in [-0.3, -0.25) is 0 Å². The van der Waals surface area contributed by atoms with Crippen LogP contribution in [0.3, 0.4) is 0 Å². The van der Waals surface area contributed by atoms with E-state index in [1.54, 1.807) is 0 Å². The molecular formula is C26H78O16Si16. The molecule has 4 saturated heterocycles. The van der Waals surface area contributed by atoms with Crippen molar-refractivity contribution in [1.29, 1.82) is 0 Å². The fourth-order valence-corrected chi connectivity index (χ4v) is 84.1. The van der Waals surface area contributed by atoms with Crippen LogP contribution in [0.4, 0.5) is 0 Å². The largest absolute Gasteiger partial charge is 0.420 e. The van der Waals surface area contributed by atoms with E-state index in [1.807, 2.05) is 0 Å². The number of hydrogen-bond donors (Lipinski definition) is 0. The van der Waals surface area contributed by atoms with Gasteiger partial charge in [0.1, 0.15) is 0 Å². The van der Waals surface area contributed by atoms with E-state index in [2.05, 4.69) is 118 Å². The summed E-state index contributed by atoms with van der Waals surface area (Å²) < 4.78 is 109. The summed E-state index contributed by atoms with van der Waals surface area (Å²) in [7, 11) is -37.7. The maximum atomic E-state index is 7.65. The molecule has 0 aromatic heterocycles. The Kier molecular flexibility index (Phi) is 19.5. The minimum Gasteiger partial charge on any atom is -0.420 e. The first-order valence-electron chi connectivity index (χ1n) is 21.3. The van der Waals surface area contributed by atoms with E-state index in [0.717, 1.165) is 24.6 Å². The summed E-state index contributed by atoms with van der Waals surface area (Å²) in [5.74, 6) is 0. The second-order valence-corrected chi connectivity index (χ2v) is 64.4. The zero-order chi connectivity index (χ0) is 43.6. The molecule has 4 fully saturated rings. The van der Waals surface area contributed by atoms with Crippen molar-refractivity contribution in [2.45, 2.75) is 167 Å². The molecule has 0 amide bonds. The zero-order valence-corrected chi connectivity index (χ0v) is 56.0. The molecule has 4 aliphatic rings. The lowest BCUT2D eigenvalue weighted by Gasteiger charge is -2.51. The standard InChI is InChI=1S/C26H78O16Si16/c1-19-20-55(15)39-56(16,24-21-52(12)33-45(4)27-43(2)28-46(5)34-52)41-58(18,26-23-54(14)37-49(8)31-51(10,11)32-50(9)38-54)42-57(17,40-55)25-22-53(13)35-47(6)29-44(3)30-48(7)36-53/h43-50H,19-26H2,1-18H3. The molecule has 8 atom stereocenters.